The van der Waals surface area contributed by atoms with Gasteiger partial charge in [-0.3, -0.25) is 9.88 Å². The van der Waals surface area contributed by atoms with Gasteiger partial charge in [-0.05, 0) is 30.7 Å². The molecule has 0 bridgehead atoms. The van der Waals surface area contributed by atoms with E-state index in [0.29, 0.717) is 11.3 Å². The Morgan fingerprint density at radius 2 is 2.00 bits per heavy atom. The van der Waals surface area contributed by atoms with Crippen molar-refractivity contribution < 1.29 is 4.74 Å². The van der Waals surface area contributed by atoms with Crippen LogP contribution in [0.3, 0.4) is 0 Å². The van der Waals surface area contributed by atoms with Gasteiger partial charge in [-0.15, -0.1) is 0 Å². The average molecular weight is 311 g/mol. The average Bonchev–Trinajstić information content (AvgIpc) is 2.99. The first-order valence-electron chi connectivity index (χ1n) is 7.99. The van der Waals surface area contributed by atoms with Crippen LogP contribution in [0.5, 0.6) is 5.88 Å². The van der Waals surface area contributed by atoms with Crippen molar-refractivity contribution in [3.8, 4) is 5.88 Å². The summed E-state index contributed by atoms with van der Waals surface area (Å²) >= 11 is 0. The smallest absolute Gasteiger partial charge is 0.218 e. The minimum absolute atomic E-state index is 0.422. The molecule has 2 aromatic heterocycles. The Bertz CT molecular complexity index is 672. The van der Waals surface area contributed by atoms with Crippen LogP contribution in [0.2, 0.25) is 0 Å². The molecule has 0 unspecified atom stereocenters. The first kappa shape index (κ1) is 14.4. The highest BCUT2D eigenvalue weighted by Crippen LogP contribution is 2.41. The predicted octanol–water partition coefficient (Wildman–Crippen LogP) is 1.59. The Morgan fingerprint density at radius 3 is 2.78 bits per heavy atom. The molecule has 6 nitrogen and oxygen atoms in total. The van der Waals surface area contributed by atoms with Crippen molar-refractivity contribution in [2.75, 3.05) is 38.2 Å². The fourth-order valence-electron chi connectivity index (χ4n) is 3.71. The molecule has 23 heavy (non-hydrogen) atoms. The van der Waals surface area contributed by atoms with Gasteiger partial charge in [0.2, 0.25) is 5.88 Å². The molecule has 2 fully saturated rings. The largest absolute Gasteiger partial charge is 0.481 e. The van der Waals surface area contributed by atoms with Crippen LogP contribution in [-0.2, 0) is 6.54 Å². The Morgan fingerprint density at radius 1 is 1.17 bits per heavy atom. The molecule has 120 valence electrons. The van der Waals surface area contributed by atoms with Crippen molar-refractivity contribution in [1.82, 2.24) is 19.9 Å². The third kappa shape index (κ3) is 2.86. The van der Waals surface area contributed by atoms with E-state index >= 15 is 0 Å². The molecule has 0 amide bonds. The first-order chi connectivity index (χ1) is 11.3. The lowest BCUT2D eigenvalue weighted by Gasteiger charge is -2.48. The number of nitrogens with zero attached hydrogens (tertiary/aromatic N) is 5. The number of hydrogen-bond donors (Lipinski definition) is 0. The summed E-state index contributed by atoms with van der Waals surface area (Å²) in [5.41, 5.74) is 1.76. The number of likely N-dealkylation sites (tertiary alicyclic amines) is 1. The van der Waals surface area contributed by atoms with Gasteiger partial charge in [0.05, 0.1) is 7.11 Å². The molecule has 2 aliphatic rings. The maximum Gasteiger partial charge on any atom is 0.218 e. The Labute approximate surface area is 136 Å². The normalized spacial score (nSPS) is 19.8. The van der Waals surface area contributed by atoms with E-state index in [1.165, 1.54) is 18.5 Å². The lowest BCUT2D eigenvalue weighted by Crippen LogP contribution is -2.58. The highest BCUT2D eigenvalue weighted by atomic mass is 16.5. The fourth-order valence-corrected chi connectivity index (χ4v) is 3.71. The molecular weight excluding hydrogens is 290 g/mol. The second-order valence-corrected chi connectivity index (χ2v) is 6.59. The van der Waals surface area contributed by atoms with Crippen LogP contribution < -0.4 is 9.64 Å². The third-order valence-corrected chi connectivity index (χ3v) is 4.89. The number of rotatable bonds is 4. The number of hydrogen-bond acceptors (Lipinski definition) is 6. The molecule has 4 rings (SSSR count). The second kappa shape index (κ2) is 5.77. The molecule has 0 aromatic carbocycles. The summed E-state index contributed by atoms with van der Waals surface area (Å²) < 4.78 is 5.18. The monoisotopic (exact) mass is 311 g/mol. The first-order valence-corrected chi connectivity index (χ1v) is 7.99. The lowest BCUT2D eigenvalue weighted by atomic mass is 9.79. The van der Waals surface area contributed by atoms with Crippen molar-refractivity contribution in [1.29, 1.82) is 0 Å². The predicted molar refractivity (Wildman–Crippen MR) is 87.4 cm³/mol. The van der Waals surface area contributed by atoms with E-state index in [-0.39, 0.29) is 0 Å². The zero-order chi connectivity index (χ0) is 15.7. The van der Waals surface area contributed by atoms with Gasteiger partial charge in [0.15, 0.2) is 0 Å². The summed E-state index contributed by atoms with van der Waals surface area (Å²) in [6.45, 7) is 5.49. The van der Waals surface area contributed by atoms with Crippen molar-refractivity contribution >= 4 is 5.82 Å². The zero-order valence-corrected chi connectivity index (χ0v) is 13.4. The van der Waals surface area contributed by atoms with E-state index < -0.39 is 0 Å². The number of ether oxygens (including phenoxy) is 1. The fraction of sp³-hybridized carbons (Fsp3) is 0.471. The molecule has 6 heteroatoms. The van der Waals surface area contributed by atoms with Crippen LogP contribution >= 0.6 is 0 Å². The number of aromatic nitrogens is 3. The highest BCUT2D eigenvalue weighted by molar-refractivity contribution is 5.45. The Balaban J connectivity index is 1.36. The Kier molecular flexibility index (Phi) is 3.61. The van der Waals surface area contributed by atoms with Crippen LogP contribution in [0, 0.1) is 5.41 Å². The summed E-state index contributed by atoms with van der Waals surface area (Å²) in [5, 5.41) is 0. The molecule has 0 atom stereocenters. The SMILES string of the molecule is COc1cc(N2CC3(CCN(Cc4ccncc4)C3)C2)ncn1. The van der Waals surface area contributed by atoms with E-state index in [9.17, 15) is 0 Å². The summed E-state index contributed by atoms with van der Waals surface area (Å²) in [6, 6.07) is 6.12. The van der Waals surface area contributed by atoms with E-state index in [2.05, 4.69) is 36.9 Å². The maximum atomic E-state index is 5.18. The van der Waals surface area contributed by atoms with Crippen molar-refractivity contribution in [3.63, 3.8) is 0 Å². The van der Waals surface area contributed by atoms with Crippen LogP contribution in [0.15, 0.2) is 36.9 Å². The van der Waals surface area contributed by atoms with Crippen LogP contribution in [-0.4, -0.2) is 53.1 Å². The summed E-state index contributed by atoms with van der Waals surface area (Å²) in [6.07, 6.45) is 6.57. The summed E-state index contributed by atoms with van der Waals surface area (Å²) in [5.74, 6) is 1.59. The number of methoxy groups -OCH3 is 1. The standard InChI is InChI=1S/C17H21N5O/c1-23-16-8-15(19-13-20-16)22-11-17(12-22)4-7-21(10-17)9-14-2-5-18-6-3-14/h2-3,5-6,8,13H,4,7,9-12H2,1H3. The zero-order valence-electron chi connectivity index (χ0n) is 13.4. The molecule has 2 aliphatic heterocycles. The number of pyridine rings is 1. The van der Waals surface area contributed by atoms with Gasteiger partial charge in [0.1, 0.15) is 12.1 Å². The number of anilines is 1. The van der Waals surface area contributed by atoms with E-state index in [1.54, 1.807) is 13.4 Å². The molecular formula is C17H21N5O. The van der Waals surface area contributed by atoms with Gasteiger partial charge >= 0.3 is 0 Å². The molecule has 4 heterocycles. The van der Waals surface area contributed by atoms with Crippen molar-refractivity contribution in [2.45, 2.75) is 13.0 Å². The molecule has 0 aliphatic carbocycles. The van der Waals surface area contributed by atoms with Crippen LogP contribution in [0.4, 0.5) is 5.82 Å². The molecule has 2 aromatic rings. The van der Waals surface area contributed by atoms with Gasteiger partial charge in [0, 0.05) is 50.1 Å². The van der Waals surface area contributed by atoms with E-state index in [1.807, 2.05) is 18.5 Å². The van der Waals surface area contributed by atoms with E-state index in [4.69, 9.17) is 4.74 Å². The Hall–Kier alpha value is -2.21. The molecule has 1 spiro atoms. The van der Waals surface area contributed by atoms with Gasteiger partial charge in [0.25, 0.3) is 0 Å². The second-order valence-electron chi connectivity index (χ2n) is 6.59. The summed E-state index contributed by atoms with van der Waals surface area (Å²) in [4.78, 5) is 17.4. The topological polar surface area (TPSA) is 54.4 Å². The van der Waals surface area contributed by atoms with Crippen molar-refractivity contribution in [3.05, 3.63) is 42.5 Å². The molecule has 0 N–H and O–H groups in total. The minimum Gasteiger partial charge on any atom is -0.481 e. The third-order valence-electron chi connectivity index (χ3n) is 4.89. The highest BCUT2D eigenvalue weighted by Gasteiger charge is 2.47. The molecule has 0 saturated carbocycles. The van der Waals surface area contributed by atoms with Gasteiger partial charge < -0.3 is 9.64 Å². The van der Waals surface area contributed by atoms with Gasteiger partial charge in [-0.1, -0.05) is 0 Å². The van der Waals surface area contributed by atoms with Crippen molar-refractivity contribution in [2.24, 2.45) is 5.41 Å². The lowest BCUT2D eigenvalue weighted by molar-refractivity contribution is 0.201. The van der Waals surface area contributed by atoms with Gasteiger partial charge in [-0.25, -0.2) is 9.97 Å². The van der Waals surface area contributed by atoms with Crippen LogP contribution in [0.25, 0.3) is 0 Å². The summed E-state index contributed by atoms with van der Waals surface area (Å²) in [7, 11) is 1.64. The van der Waals surface area contributed by atoms with Crippen LogP contribution in [0.1, 0.15) is 12.0 Å². The maximum absolute atomic E-state index is 5.18. The molecule has 0 radical (unpaired) electrons. The molecule has 2 saturated heterocycles. The van der Waals surface area contributed by atoms with E-state index in [0.717, 1.165) is 32.0 Å². The van der Waals surface area contributed by atoms with Gasteiger partial charge in [-0.2, -0.15) is 0 Å². The minimum atomic E-state index is 0.422. The quantitative estimate of drug-likeness (QED) is 0.855.